The molecule has 0 aliphatic carbocycles. The maximum Gasteiger partial charge on any atom is 0.247 e. The van der Waals surface area contributed by atoms with Gasteiger partial charge in [0.2, 0.25) is 29.5 Å². The quantitative estimate of drug-likeness (QED) is 0.274. The van der Waals surface area contributed by atoms with E-state index in [1.807, 2.05) is 0 Å². The second kappa shape index (κ2) is 12.9. The largest absolute Gasteiger partial charge is 0.394 e. The third kappa shape index (κ3) is 6.88. The molecule has 0 bridgehead atoms. The zero-order chi connectivity index (χ0) is 28.0. The fourth-order valence-electron chi connectivity index (χ4n) is 4.29. The van der Waals surface area contributed by atoms with Gasteiger partial charge < -0.3 is 36.4 Å². The van der Waals surface area contributed by atoms with E-state index in [4.69, 9.17) is 11.6 Å². The number of hydrogen-bond donors (Lipinski definition) is 6. The van der Waals surface area contributed by atoms with E-state index in [1.165, 1.54) is 17.9 Å². The predicted octanol–water partition coefficient (Wildman–Crippen LogP) is -1.18. The highest BCUT2D eigenvalue weighted by Gasteiger charge is 2.39. The molecular formula is C25H32ClN5O7. The number of amides is 5. The Bertz CT molecular complexity index is 1100. The summed E-state index contributed by atoms with van der Waals surface area (Å²) in [6.07, 6.45) is -0.0743. The highest BCUT2D eigenvalue weighted by Crippen LogP contribution is 2.22. The van der Waals surface area contributed by atoms with Crippen molar-refractivity contribution < 1.29 is 34.2 Å². The summed E-state index contributed by atoms with van der Waals surface area (Å²) in [5.74, 6) is -3.60. The second-order valence-corrected chi connectivity index (χ2v) is 9.68. The molecule has 5 amide bonds. The van der Waals surface area contributed by atoms with Crippen molar-refractivity contribution in [2.45, 2.75) is 63.0 Å². The number of aliphatic hydroxyl groups is 2. The molecule has 12 nitrogen and oxygen atoms in total. The third-order valence-corrected chi connectivity index (χ3v) is 6.62. The summed E-state index contributed by atoms with van der Waals surface area (Å²) in [4.78, 5) is 66.7. The SMILES string of the molecule is CC[C@@H]1NC(=O)C[C@H](c2ccccc2)NC(=O)[C@H](CO)NC(=O)[C@H]([C@H](C)O)NC(=O)[C@@H]2C=C(Cl)CN2C1=O. The van der Waals surface area contributed by atoms with Gasteiger partial charge in [-0.1, -0.05) is 48.9 Å². The van der Waals surface area contributed by atoms with Gasteiger partial charge in [-0.15, -0.1) is 0 Å². The highest BCUT2D eigenvalue weighted by molar-refractivity contribution is 6.30. The molecule has 0 unspecified atom stereocenters. The Hall–Kier alpha value is -3.48. The van der Waals surface area contributed by atoms with Gasteiger partial charge in [-0.3, -0.25) is 24.0 Å². The van der Waals surface area contributed by atoms with Gasteiger partial charge in [-0.05, 0) is 25.0 Å². The molecule has 2 aliphatic heterocycles. The van der Waals surface area contributed by atoms with E-state index in [0.29, 0.717) is 5.56 Å². The molecule has 0 aromatic heterocycles. The summed E-state index contributed by atoms with van der Waals surface area (Å²) in [5.41, 5.74) is 0.587. The molecule has 206 valence electrons. The molecule has 3 rings (SSSR count). The Labute approximate surface area is 224 Å². The van der Waals surface area contributed by atoms with Crippen molar-refractivity contribution in [2.24, 2.45) is 0 Å². The van der Waals surface area contributed by atoms with E-state index < -0.39 is 72.5 Å². The number of aliphatic hydroxyl groups excluding tert-OH is 2. The molecule has 1 aromatic rings. The van der Waals surface area contributed by atoms with Gasteiger partial charge in [0.05, 0.1) is 31.7 Å². The number of carbonyl (C=O) groups excluding carboxylic acids is 5. The van der Waals surface area contributed by atoms with E-state index in [-0.39, 0.29) is 24.4 Å². The minimum Gasteiger partial charge on any atom is -0.394 e. The number of hydrogen-bond acceptors (Lipinski definition) is 7. The van der Waals surface area contributed by atoms with Gasteiger partial charge in [-0.25, -0.2) is 0 Å². The second-order valence-electron chi connectivity index (χ2n) is 9.20. The molecule has 6 atom stereocenters. The van der Waals surface area contributed by atoms with Crippen molar-refractivity contribution in [3.8, 4) is 0 Å². The van der Waals surface area contributed by atoms with Crippen LogP contribution in [0.3, 0.4) is 0 Å². The summed E-state index contributed by atoms with van der Waals surface area (Å²) >= 11 is 6.15. The van der Waals surface area contributed by atoms with Gasteiger partial charge in [0, 0.05) is 5.03 Å². The van der Waals surface area contributed by atoms with Crippen LogP contribution in [-0.4, -0.2) is 88.1 Å². The van der Waals surface area contributed by atoms with Crippen LogP contribution in [0.25, 0.3) is 0 Å². The fourth-order valence-corrected chi connectivity index (χ4v) is 4.54. The number of carbonyl (C=O) groups is 5. The lowest BCUT2D eigenvalue weighted by Crippen LogP contribution is -2.61. The van der Waals surface area contributed by atoms with Crippen LogP contribution in [0.1, 0.15) is 38.3 Å². The monoisotopic (exact) mass is 549 g/mol. The molecule has 13 heteroatoms. The van der Waals surface area contributed by atoms with Crippen molar-refractivity contribution in [1.29, 1.82) is 0 Å². The first kappa shape index (κ1) is 29.1. The summed E-state index contributed by atoms with van der Waals surface area (Å²) in [7, 11) is 0. The van der Waals surface area contributed by atoms with Crippen LogP contribution in [0.15, 0.2) is 41.4 Å². The molecule has 1 saturated heterocycles. The lowest BCUT2D eigenvalue weighted by Gasteiger charge is -2.31. The van der Waals surface area contributed by atoms with Crippen molar-refractivity contribution in [1.82, 2.24) is 26.2 Å². The standard InChI is InChI=1S/C25H32ClN5O7/c1-3-16-25(38)31-11-15(26)9-19(31)23(36)30-21(13(2)33)24(37)29-18(12-32)22(35)28-17(10-20(34)27-16)14-7-5-4-6-8-14/h4-9,13,16-19,21,32-33H,3,10-12H2,1-2H3,(H,27,34)(H,28,35)(H,29,37)(H,30,36)/t13-,16-,17+,18-,19-,21-/m0/s1. The minimum absolute atomic E-state index is 0.0777. The normalized spacial score (nSPS) is 28.4. The molecule has 0 spiro atoms. The van der Waals surface area contributed by atoms with Gasteiger partial charge in [0.25, 0.3) is 0 Å². The Morgan fingerprint density at radius 1 is 0.974 bits per heavy atom. The molecule has 0 saturated carbocycles. The number of nitrogens with zero attached hydrogens (tertiary/aromatic N) is 1. The average molecular weight is 550 g/mol. The van der Waals surface area contributed by atoms with Gasteiger partial charge >= 0.3 is 0 Å². The summed E-state index contributed by atoms with van der Waals surface area (Å²) in [6, 6.07) is 2.63. The average Bonchev–Trinajstić information content (AvgIpc) is 3.29. The van der Waals surface area contributed by atoms with Crippen LogP contribution in [0.5, 0.6) is 0 Å². The lowest BCUT2D eigenvalue weighted by molar-refractivity contribution is -0.142. The lowest BCUT2D eigenvalue weighted by atomic mass is 10.0. The van der Waals surface area contributed by atoms with Gasteiger partial charge in [0.1, 0.15) is 24.2 Å². The van der Waals surface area contributed by atoms with Crippen molar-refractivity contribution >= 4 is 41.1 Å². The first-order chi connectivity index (χ1) is 18.0. The van der Waals surface area contributed by atoms with Crippen LogP contribution >= 0.6 is 11.6 Å². The van der Waals surface area contributed by atoms with E-state index in [1.54, 1.807) is 37.3 Å². The zero-order valence-corrected chi connectivity index (χ0v) is 21.8. The van der Waals surface area contributed by atoms with Crippen LogP contribution in [-0.2, 0) is 24.0 Å². The van der Waals surface area contributed by atoms with Crippen LogP contribution in [0.2, 0.25) is 0 Å². The Kier molecular flexibility index (Phi) is 9.84. The molecule has 6 N–H and O–H groups in total. The van der Waals surface area contributed by atoms with E-state index >= 15 is 0 Å². The van der Waals surface area contributed by atoms with Crippen molar-refractivity contribution in [2.75, 3.05) is 13.2 Å². The van der Waals surface area contributed by atoms with Crippen molar-refractivity contribution in [3.63, 3.8) is 0 Å². The van der Waals surface area contributed by atoms with E-state index in [2.05, 4.69) is 21.3 Å². The molecular weight excluding hydrogens is 518 g/mol. The highest BCUT2D eigenvalue weighted by atomic mass is 35.5. The maximum atomic E-state index is 13.4. The van der Waals surface area contributed by atoms with Crippen LogP contribution in [0.4, 0.5) is 0 Å². The van der Waals surface area contributed by atoms with Crippen molar-refractivity contribution in [3.05, 3.63) is 47.0 Å². The first-order valence-electron chi connectivity index (χ1n) is 12.3. The Morgan fingerprint density at radius 2 is 1.66 bits per heavy atom. The number of nitrogens with one attached hydrogen (secondary N) is 4. The van der Waals surface area contributed by atoms with Gasteiger partial charge in [-0.2, -0.15) is 0 Å². The first-order valence-corrected chi connectivity index (χ1v) is 12.6. The van der Waals surface area contributed by atoms with Crippen LogP contribution < -0.4 is 21.3 Å². The number of halogens is 1. The molecule has 1 fully saturated rings. The molecule has 2 heterocycles. The van der Waals surface area contributed by atoms with Gasteiger partial charge in [0.15, 0.2) is 0 Å². The molecule has 38 heavy (non-hydrogen) atoms. The van der Waals surface area contributed by atoms with Crippen LogP contribution in [0, 0.1) is 0 Å². The van der Waals surface area contributed by atoms with E-state index in [9.17, 15) is 34.2 Å². The minimum atomic E-state index is -1.51. The summed E-state index contributed by atoms with van der Waals surface area (Å²) in [6.45, 7) is 2.10. The number of rotatable bonds is 4. The van der Waals surface area contributed by atoms with E-state index in [0.717, 1.165) is 0 Å². The molecule has 1 aromatic carbocycles. The fraction of sp³-hybridized carbons (Fsp3) is 0.480. The smallest absolute Gasteiger partial charge is 0.247 e. The molecule has 2 aliphatic rings. The Balaban J connectivity index is 2.00. The summed E-state index contributed by atoms with van der Waals surface area (Å²) < 4.78 is 0. The topological polar surface area (TPSA) is 177 Å². The summed E-state index contributed by atoms with van der Waals surface area (Å²) in [5, 5.41) is 30.3. The molecule has 0 radical (unpaired) electrons. The zero-order valence-electron chi connectivity index (χ0n) is 21.0. The Morgan fingerprint density at radius 3 is 2.26 bits per heavy atom. The third-order valence-electron chi connectivity index (χ3n) is 6.38. The maximum absolute atomic E-state index is 13.4. The number of benzene rings is 1. The number of fused-ring (bicyclic) bond motifs is 1. The predicted molar refractivity (Wildman–Crippen MR) is 136 cm³/mol.